The van der Waals surface area contributed by atoms with Crippen molar-refractivity contribution in [1.29, 1.82) is 0 Å². The number of aromatic nitrogens is 2. The van der Waals surface area contributed by atoms with Crippen molar-refractivity contribution in [3.63, 3.8) is 0 Å². The molecule has 6 nitrogen and oxygen atoms in total. The summed E-state index contributed by atoms with van der Waals surface area (Å²) in [6, 6.07) is 18.6. The van der Waals surface area contributed by atoms with Gasteiger partial charge in [-0.15, -0.1) is 11.8 Å². The number of unbranched alkanes of at least 4 members (excludes halogenated alkanes) is 1. The summed E-state index contributed by atoms with van der Waals surface area (Å²) in [7, 11) is 0. The molecule has 5 rings (SSSR count). The number of amides is 1. The van der Waals surface area contributed by atoms with Crippen molar-refractivity contribution in [2.75, 3.05) is 18.8 Å². The van der Waals surface area contributed by atoms with E-state index in [1.165, 1.54) is 29.5 Å². The first-order valence-corrected chi connectivity index (χ1v) is 14.6. The van der Waals surface area contributed by atoms with E-state index in [-0.39, 0.29) is 18.1 Å². The quantitative estimate of drug-likeness (QED) is 0.196. The van der Waals surface area contributed by atoms with E-state index in [4.69, 9.17) is 9.84 Å². The molecule has 1 saturated heterocycles. The molecule has 2 aliphatic heterocycles. The highest BCUT2D eigenvalue weighted by molar-refractivity contribution is 8.18. The minimum Gasteiger partial charge on any atom is -0.372 e. The summed E-state index contributed by atoms with van der Waals surface area (Å²) in [5, 5.41) is 5.69. The van der Waals surface area contributed by atoms with Gasteiger partial charge in [0.05, 0.1) is 28.5 Å². The lowest BCUT2D eigenvalue weighted by Gasteiger charge is -2.35. The predicted molar refractivity (Wildman–Crippen MR) is 154 cm³/mol. The molecule has 2 unspecified atom stereocenters. The maximum atomic E-state index is 12.9. The first kappa shape index (κ1) is 25.8. The first-order chi connectivity index (χ1) is 18.0. The normalized spacial score (nSPS) is 21.1. The Kier molecular flexibility index (Phi) is 8.17. The summed E-state index contributed by atoms with van der Waals surface area (Å²) in [5.74, 6) is 0.922. The van der Waals surface area contributed by atoms with Gasteiger partial charge in [-0.25, -0.2) is 4.68 Å². The standard InChI is InChI=1S/C29H32N4O2S2/c1-4-5-15-36-25-13-11-22(12-14-25)27-23(19-33(31-27)24-9-7-6-8-10-24)16-26-28(34)30-29(37-26)32-17-20(2)35-21(3)18-32/h6-14,16,19-21H,4-5,15,17-18H2,1-3H3/b26-16-. The third-order valence-corrected chi connectivity index (χ3v) is 8.39. The molecular weight excluding hydrogens is 500 g/mol. The van der Waals surface area contributed by atoms with Gasteiger partial charge >= 0.3 is 0 Å². The Morgan fingerprint density at radius 3 is 2.51 bits per heavy atom. The van der Waals surface area contributed by atoms with Gasteiger partial charge in [0.1, 0.15) is 0 Å². The second-order valence-corrected chi connectivity index (χ2v) is 11.6. The Labute approximate surface area is 227 Å². The number of carbonyl (C=O) groups excluding carboxylic acids is 1. The first-order valence-electron chi connectivity index (χ1n) is 12.8. The van der Waals surface area contributed by atoms with Gasteiger partial charge in [0.25, 0.3) is 5.91 Å². The zero-order valence-electron chi connectivity index (χ0n) is 21.5. The summed E-state index contributed by atoms with van der Waals surface area (Å²) in [6.07, 6.45) is 6.55. The van der Waals surface area contributed by atoms with Gasteiger partial charge in [-0.1, -0.05) is 43.7 Å². The summed E-state index contributed by atoms with van der Waals surface area (Å²) < 4.78 is 7.73. The highest BCUT2D eigenvalue weighted by Gasteiger charge is 2.31. The Morgan fingerprint density at radius 2 is 1.81 bits per heavy atom. The number of carbonyl (C=O) groups is 1. The molecule has 3 aromatic rings. The zero-order valence-corrected chi connectivity index (χ0v) is 23.1. The van der Waals surface area contributed by atoms with Crippen LogP contribution >= 0.6 is 23.5 Å². The van der Waals surface area contributed by atoms with E-state index in [2.05, 4.69) is 54.9 Å². The van der Waals surface area contributed by atoms with Crippen molar-refractivity contribution >= 4 is 40.7 Å². The molecular formula is C29H32N4O2S2. The van der Waals surface area contributed by atoms with E-state index in [1.807, 2.05) is 59.0 Å². The van der Waals surface area contributed by atoms with Gasteiger partial charge < -0.3 is 9.64 Å². The van der Waals surface area contributed by atoms with E-state index in [0.717, 1.165) is 46.5 Å². The van der Waals surface area contributed by atoms with Gasteiger partial charge in [0.2, 0.25) is 0 Å². The Balaban J connectivity index is 1.44. The number of amidine groups is 1. The van der Waals surface area contributed by atoms with Crippen molar-refractivity contribution in [3.8, 4) is 16.9 Å². The summed E-state index contributed by atoms with van der Waals surface area (Å²) in [5.41, 5.74) is 3.73. The molecule has 1 amide bonds. The number of rotatable bonds is 7. The molecule has 0 N–H and O–H groups in total. The molecule has 1 fully saturated rings. The lowest BCUT2D eigenvalue weighted by atomic mass is 10.1. The van der Waals surface area contributed by atoms with Crippen molar-refractivity contribution < 1.29 is 9.53 Å². The molecule has 0 radical (unpaired) electrons. The number of para-hydroxylation sites is 1. The Bertz CT molecular complexity index is 1290. The molecule has 0 bridgehead atoms. The summed E-state index contributed by atoms with van der Waals surface area (Å²) >= 11 is 3.32. The molecule has 2 aliphatic rings. The number of nitrogens with zero attached hydrogens (tertiary/aromatic N) is 4. The monoisotopic (exact) mass is 532 g/mol. The van der Waals surface area contributed by atoms with Gasteiger partial charge in [-0.05, 0) is 68.1 Å². The Morgan fingerprint density at radius 1 is 1.08 bits per heavy atom. The highest BCUT2D eigenvalue weighted by Crippen LogP contribution is 2.34. The molecule has 3 heterocycles. The summed E-state index contributed by atoms with van der Waals surface area (Å²) in [4.78, 5) is 21.3. The number of aliphatic imine (C=N–C) groups is 1. The second-order valence-electron chi connectivity index (χ2n) is 9.41. The maximum absolute atomic E-state index is 12.9. The van der Waals surface area contributed by atoms with Gasteiger partial charge in [0.15, 0.2) is 5.17 Å². The Hall–Kier alpha value is -2.81. The van der Waals surface area contributed by atoms with E-state index in [1.54, 1.807) is 0 Å². The smallest absolute Gasteiger partial charge is 0.286 e. The lowest BCUT2D eigenvalue weighted by molar-refractivity contribution is -0.113. The van der Waals surface area contributed by atoms with Gasteiger partial charge in [-0.2, -0.15) is 10.1 Å². The fourth-order valence-corrected chi connectivity index (χ4v) is 6.40. The van der Waals surface area contributed by atoms with Crippen LogP contribution in [0.15, 0.2) is 75.6 Å². The molecule has 37 heavy (non-hydrogen) atoms. The number of ether oxygens (including phenoxy) is 1. The minimum absolute atomic E-state index is 0.106. The topological polar surface area (TPSA) is 59.7 Å². The van der Waals surface area contributed by atoms with Crippen molar-refractivity contribution in [2.24, 2.45) is 4.99 Å². The third-order valence-electron chi connectivity index (χ3n) is 6.24. The average Bonchev–Trinajstić information content (AvgIpc) is 3.48. The molecule has 0 saturated carbocycles. The number of hydrogen-bond donors (Lipinski definition) is 0. The molecule has 2 aromatic carbocycles. The lowest BCUT2D eigenvalue weighted by Crippen LogP contribution is -2.47. The average molecular weight is 533 g/mol. The number of benzene rings is 2. The molecule has 0 aliphatic carbocycles. The van der Waals surface area contributed by atoms with Crippen LogP contribution in [0.4, 0.5) is 0 Å². The predicted octanol–water partition coefficient (Wildman–Crippen LogP) is 6.51. The number of hydrogen-bond acceptors (Lipinski definition) is 6. The number of thioether (sulfide) groups is 2. The largest absolute Gasteiger partial charge is 0.372 e. The van der Waals surface area contributed by atoms with E-state index < -0.39 is 0 Å². The van der Waals surface area contributed by atoms with Gasteiger partial charge in [-0.3, -0.25) is 4.79 Å². The van der Waals surface area contributed by atoms with Crippen LogP contribution in [0.3, 0.4) is 0 Å². The van der Waals surface area contributed by atoms with Crippen LogP contribution < -0.4 is 0 Å². The third kappa shape index (κ3) is 6.20. The zero-order chi connectivity index (χ0) is 25.8. The summed E-state index contributed by atoms with van der Waals surface area (Å²) in [6.45, 7) is 7.79. The van der Waals surface area contributed by atoms with Gasteiger partial charge in [0, 0.05) is 35.3 Å². The van der Waals surface area contributed by atoms with Crippen LogP contribution in [-0.2, 0) is 9.53 Å². The van der Waals surface area contributed by atoms with Crippen molar-refractivity contribution in [1.82, 2.24) is 14.7 Å². The van der Waals surface area contributed by atoms with E-state index in [0.29, 0.717) is 4.91 Å². The van der Waals surface area contributed by atoms with Crippen LogP contribution in [0.2, 0.25) is 0 Å². The SMILES string of the molecule is CCCCSc1ccc(-c2nn(-c3ccccc3)cc2/C=C2\SC(N3CC(C)OC(C)C3)=NC2=O)cc1. The van der Waals surface area contributed by atoms with Crippen LogP contribution in [0.25, 0.3) is 23.0 Å². The van der Waals surface area contributed by atoms with E-state index >= 15 is 0 Å². The van der Waals surface area contributed by atoms with Crippen LogP contribution in [0, 0.1) is 0 Å². The fraction of sp³-hybridized carbons (Fsp3) is 0.345. The van der Waals surface area contributed by atoms with Crippen LogP contribution in [-0.4, -0.2) is 56.8 Å². The minimum atomic E-state index is -0.201. The van der Waals surface area contributed by atoms with Crippen LogP contribution in [0.1, 0.15) is 39.2 Å². The van der Waals surface area contributed by atoms with Crippen LogP contribution in [0.5, 0.6) is 0 Å². The molecule has 8 heteroatoms. The maximum Gasteiger partial charge on any atom is 0.286 e. The second kappa shape index (κ2) is 11.7. The molecule has 1 aromatic heterocycles. The highest BCUT2D eigenvalue weighted by atomic mass is 32.2. The molecule has 192 valence electrons. The fourth-order valence-electron chi connectivity index (χ4n) is 4.48. The molecule has 2 atom stereocenters. The molecule has 0 spiro atoms. The van der Waals surface area contributed by atoms with Crippen molar-refractivity contribution in [3.05, 3.63) is 71.3 Å². The van der Waals surface area contributed by atoms with Crippen molar-refractivity contribution in [2.45, 2.75) is 50.7 Å². The number of morpholine rings is 1. The van der Waals surface area contributed by atoms with E-state index in [9.17, 15) is 4.79 Å².